The number of benzene rings is 3. The fourth-order valence-corrected chi connectivity index (χ4v) is 6.59. The highest BCUT2D eigenvalue weighted by Crippen LogP contribution is 2.35. The maximum atomic E-state index is 14.3. The molecule has 4 rings (SSSR count). The van der Waals surface area contributed by atoms with Crippen LogP contribution in [0.15, 0.2) is 54.6 Å². The van der Waals surface area contributed by atoms with Crippen molar-refractivity contribution in [1.82, 2.24) is 10.2 Å². The maximum Gasteiger partial charge on any atom is 0.407 e. The quantitative estimate of drug-likeness (QED) is 0.111. The molecule has 284 valence electrons. The summed E-state index contributed by atoms with van der Waals surface area (Å²) < 4.78 is 22.4. The van der Waals surface area contributed by atoms with Crippen LogP contribution in [0.3, 0.4) is 0 Å². The zero-order chi connectivity index (χ0) is 37.7. The number of carbonyl (C=O) groups is 2. The molecule has 0 aromatic heterocycles. The van der Waals surface area contributed by atoms with Crippen molar-refractivity contribution in [2.24, 2.45) is 5.92 Å². The van der Waals surface area contributed by atoms with E-state index in [0.29, 0.717) is 59.0 Å². The van der Waals surface area contributed by atoms with Gasteiger partial charge in [-0.25, -0.2) is 4.79 Å². The Kier molecular flexibility index (Phi) is 16.2. The van der Waals surface area contributed by atoms with Gasteiger partial charge in [0, 0.05) is 44.5 Å². The van der Waals surface area contributed by atoms with E-state index in [1.165, 1.54) is 0 Å². The number of ether oxygens (including phenoxy) is 4. The van der Waals surface area contributed by atoms with E-state index in [1.807, 2.05) is 41.3 Å². The Morgan fingerprint density at radius 1 is 0.865 bits per heavy atom. The van der Waals surface area contributed by atoms with Gasteiger partial charge >= 0.3 is 6.09 Å². The number of alkyl carbamates (subject to hydrolysis) is 1. The first-order valence-electron chi connectivity index (χ1n) is 17.8. The predicted octanol–water partition coefficient (Wildman–Crippen LogP) is 8.48. The summed E-state index contributed by atoms with van der Waals surface area (Å²) in [7, 11) is 1.69. The normalized spacial score (nSPS) is 13.4. The Morgan fingerprint density at radius 2 is 1.52 bits per heavy atom. The van der Waals surface area contributed by atoms with Crippen molar-refractivity contribution in [3.8, 4) is 11.5 Å². The first kappa shape index (κ1) is 41.5. The zero-order valence-corrected chi connectivity index (χ0v) is 32.8. The third kappa shape index (κ3) is 13.6. The van der Waals surface area contributed by atoms with Gasteiger partial charge in [0.1, 0.15) is 24.6 Å². The van der Waals surface area contributed by atoms with Crippen molar-refractivity contribution in [2.75, 3.05) is 40.1 Å². The predicted molar refractivity (Wildman–Crippen MR) is 206 cm³/mol. The van der Waals surface area contributed by atoms with E-state index < -0.39 is 17.6 Å². The molecule has 0 heterocycles. The van der Waals surface area contributed by atoms with Gasteiger partial charge in [0.25, 0.3) is 0 Å². The van der Waals surface area contributed by atoms with Crippen LogP contribution >= 0.6 is 34.8 Å². The Balaban J connectivity index is 1.41. The Labute approximate surface area is 322 Å². The van der Waals surface area contributed by atoms with Crippen molar-refractivity contribution >= 4 is 46.8 Å². The molecule has 1 fully saturated rings. The number of aliphatic hydroxyl groups is 1. The van der Waals surface area contributed by atoms with Gasteiger partial charge in [-0.05, 0) is 118 Å². The van der Waals surface area contributed by atoms with E-state index in [1.54, 1.807) is 40.0 Å². The molecule has 0 bridgehead atoms. The van der Waals surface area contributed by atoms with Crippen LogP contribution in [0.2, 0.25) is 15.1 Å². The van der Waals surface area contributed by atoms with Gasteiger partial charge in [0.05, 0.1) is 16.0 Å². The van der Waals surface area contributed by atoms with Crippen LogP contribution in [-0.4, -0.2) is 73.7 Å². The Morgan fingerprint density at radius 3 is 2.15 bits per heavy atom. The highest BCUT2D eigenvalue weighted by molar-refractivity contribution is 6.37. The van der Waals surface area contributed by atoms with Crippen LogP contribution < -0.4 is 14.8 Å². The van der Waals surface area contributed by atoms with Gasteiger partial charge in [-0.1, -0.05) is 59.1 Å². The molecule has 1 saturated carbocycles. The summed E-state index contributed by atoms with van der Waals surface area (Å²) in [6, 6.07) is 17.2. The van der Waals surface area contributed by atoms with E-state index >= 15 is 0 Å². The van der Waals surface area contributed by atoms with E-state index in [4.69, 9.17) is 58.9 Å². The molecule has 0 saturated heterocycles. The third-order valence-electron chi connectivity index (χ3n) is 8.46. The topological polar surface area (TPSA) is 107 Å². The van der Waals surface area contributed by atoms with E-state index in [2.05, 4.69) is 11.4 Å². The minimum atomic E-state index is -0.667. The van der Waals surface area contributed by atoms with Gasteiger partial charge in [0.2, 0.25) is 5.91 Å². The summed E-state index contributed by atoms with van der Waals surface area (Å²) in [5.41, 5.74) is 3.23. The Bertz CT molecular complexity index is 1590. The molecule has 1 atom stereocenters. The first-order chi connectivity index (χ1) is 24.9. The van der Waals surface area contributed by atoms with Crippen LogP contribution in [-0.2, 0) is 40.1 Å². The molecular weight excluding hydrogens is 727 g/mol. The van der Waals surface area contributed by atoms with Gasteiger partial charge in [-0.3, -0.25) is 4.79 Å². The molecular formula is C40H51Cl3N2O7. The number of nitrogens with one attached hydrogen (secondary N) is 1. The number of hydrogen-bond donors (Lipinski definition) is 2. The molecule has 12 heteroatoms. The lowest BCUT2D eigenvalue weighted by Crippen LogP contribution is -2.44. The largest absolute Gasteiger partial charge is 0.490 e. The van der Waals surface area contributed by atoms with Crippen molar-refractivity contribution in [3.63, 3.8) is 0 Å². The standard InChI is InChI=1S/C40H51Cl3N2O7/c1-40(2,3)52-39(48)44-25-30(38(47)45(32-12-13-32)26-31-22-27(8-6-18-49-4)11-16-34(31)41)21-28-9-14-33(15-10-28)50-19-20-51-37-35(42)23-29(7-5-17-46)24-36(37)43/h9-11,14-16,22-24,30,32,46H,5-8,12-13,17-21,25-26H2,1-4H3,(H,44,48). The number of aliphatic hydroxyl groups excluding tert-OH is 1. The Hall–Kier alpha value is -3.21. The summed E-state index contributed by atoms with van der Waals surface area (Å²) in [4.78, 5) is 28.9. The SMILES string of the molecule is COCCCc1ccc(Cl)c(CN(C(=O)C(CNC(=O)OC(C)(C)C)Cc2ccc(OCCOc3c(Cl)cc(CCCO)cc3Cl)cc2)C2CC2)c1. The summed E-state index contributed by atoms with van der Waals surface area (Å²) in [5.74, 6) is 0.443. The van der Waals surface area contributed by atoms with E-state index in [-0.39, 0.29) is 38.3 Å². The maximum absolute atomic E-state index is 14.3. The summed E-state index contributed by atoms with van der Waals surface area (Å²) >= 11 is 19.4. The third-order valence-corrected chi connectivity index (χ3v) is 9.39. The minimum Gasteiger partial charge on any atom is -0.490 e. The second-order valence-corrected chi connectivity index (χ2v) is 15.3. The van der Waals surface area contributed by atoms with Gasteiger partial charge in [-0.2, -0.15) is 0 Å². The lowest BCUT2D eigenvalue weighted by molar-refractivity contribution is -0.136. The highest BCUT2D eigenvalue weighted by atomic mass is 35.5. The smallest absolute Gasteiger partial charge is 0.407 e. The van der Waals surface area contributed by atoms with E-state index in [0.717, 1.165) is 47.9 Å². The van der Waals surface area contributed by atoms with Crippen LogP contribution in [0, 0.1) is 5.92 Å². The van der Waals surface area contributed by atoms with Crippen LogP contribution in [0.1, 0.15) is 68.7 Å². The van der Waals surface area contributed by atoms with Crippen LogP contribution in [0.4, 0.5) is 4.79 Å². The fraction of sp³-hybridized carbons (Fsp3) is 0.500. The lowest BCUT2D eigenvalue weighted by atomic mass is 9.97. The van der Waals surface area contributed by atoms with Crippen molar-refractivity contribution in [3.05, 3.63) is 91.9 Å². The minimum absolute atomic E-state index is 0.0457. The number of hydrogen-bond acceptors (Lipinski definition) is 7. The molecule has 2 amide bonds. The number of aryl methyl sites for hydroxylation is 2. The molecule has 0 radical (unpaired) electrons. The average Bonchev–Trinajstić information content (AvgIpc) is 3.94. The molecule has 3 aromatic rings. The molecule has 1 aliphatic carbocycles. The molecule has 52 heavy (non-hydrogen) atoms. The fourth-order valence-electron chi connectivity index (χ4n) is 5.77. The van der Waals surface area contributed by atoms with Crippen LogP contribution in [0.5, 0.6) is 11.5 Å². The molecule has 1 unspecified atom stereocenters. The highest BCUT2D eigenvalue weighted by Gasteiger charge is 2.36. The zero-order valence-electron chi connectivity index (χ0n) is 30.5. The summed E-state index contributed by atoms with van der Waals surface area (Å²) in [6.07, 6.45) is 4.72. The van der Waals surface area contributed by atoms with Crippen molar-refractivity contribution in [2.45, 2.75) is 83.9 Å². The van der Waals surface area contributed by atoms with Crippen LogP contribution in [0.25, 0.3) is 0 Å². The number of halogens is 3. The lowest BCUT2D eigenvalue weighted by Gasteiger charge is -2.29. The summed E-state index contributed by atoms with van der Waals surface area (Å²) in [5, 5.41) is 13.4. The second kappa shape index (κ2) is 20.3. The first-order valence-corrected chi connectivity index (χ1v) is 19.0. The number of carbonyl (C=O) groups excluding carboxylic acids is 2. The average molecular weight is 778 g/mol. The molecule has 2 N–H and O–H groups in total. The monoisotopic (exact) mass is 776 g/mol. The molecule has 9 nitrogen and oxygen atoms in total. The molecule has 0 aliphatic heterocycles. The molecule has 1 aliphatic rings. The summed E-state index contributed by atoms with van der Waals surface area (Å²) in [6.45, 7) is 7.16. The second-order valence-electron chi connectivity index (χ2n) is 14.1. The number of rotatable bonds is 20. The van der Waals surface area contributed by atoms with Crippen molar-refractivity contribution < 1.29 is 33.6 Å². The number of amides is 2. The van der Waals surface area contributed by atoms with Crippen molar-refractivity contribution in [1.29, 1.82) is 0 Å². The van der Waals surface area contributed by atoms with E-state index in [9.17, 15) is 9.59 Å². The molecule has 0 spiro atoms. The van der Waals surface area contributed by atoms with Gasteiger partial charge in [-0.15, -0.1) is 0 Å². The van der Waals surface area contributed by atoms with Gasteiger partial charge in [0.15, 0.2) is 5.75 Å². The number of methoxy groups -OCH3 is 1. The number of nitrogens with zero attached hydrogens (tertiary/aromatic N) is 1. The molecule has 3 aromatic carbocycles. The van der Waals surface area contributed by atoms with Gasteiger partial charge < -0.3 is 34.3 Å².